The zero-order valence-corrected chi connectivity index (χ0v) is 23.4. The molecule has 1 aliphatic carbocycles. The number of allylic oxidation sites excluding steroid dienone is 2. The van der Waals surface area contributed by atoms with Crippen molar-refractivity contribution in [1.29, 1.82) is 0 Å². The molecule has 196 valence electrons. The summed E-state index contributed by atoms with van der Waals surface area (Å²) in [5, 5.41) is 4.39. The molecule has 1 amide bonds. The van der Waals surface area contributed by atoms with Crippen LogP contribution in [-0.2, 0) is 22.6 Å². The minimum Gasteiger partial charge on any atom is -0.462 e. The first kappa shape index (κ1) is 27.4. The van der Waals surface area contributed by atoms with Crippen LogP contribution in [0.25, 0.3) is 10.2 Å². The van der Waals surface area contributed by atoms with E-state index in [0.717, 1.165) is 42.6 Å². The van der Waals surface area contributed by atoms with Gasteiger partial charge in [-0.3, -0.25) is 14.2 Å². The number of ether oxygens (including phenoxy) is 1. The van der Waals surface area contributed by atoms with Gasteiger partial charge in [0.15, 0.2) is 5.16 Å². The molecule has 0 fully saturated rings. The van der Waals surface area contributed by atoms with Crippen LogP contribution in [0.15, 0.2) is 45.9 Å². The minimum absolute atomic E-state index is 0.0974. The zero-order valence-electron chi connectivity index (χ0n) is 21.0. The second kappa shape index (κ2) is 12.8. The smallest absolute Gasteiger partial charge is 0.348 e. The summed E-state index contributed by atoms with van der Waals surface area (Å²) in [5.41, 5.74) is 2.58. The van der Waals surface area contributed by atoms with Crippen molar-refractivity contribution in [3.63, 3.8) is 0 Å². The van der Waals surface area contributed by atoms with E-state index in [2.05, 4.69) is 11.4 Å². The van der Waals surface area contributed by atoms with E-state index in [1.165, 1.54) is 23.8 Å². The van der Waals surface area contributed by atoms with Gasteiger partial charge in [-0.2, -0.15) is 0 Å². The predicted molar refractivity (Wildman–Crippen MR) is 150 cm³/mol. The first-order chi connectivity index (χ1) is 17.9. The molecule has 0 saturated carbocycles. The van der Waals surface area contributed by atoms with E-state index < -0.39 is 5.97 Å². The van der Waals surface area contributed by atoms with Gasteiger partial charge in [0, 0.05) is 18.1 Å². The van der Waals surface area contributed by atoms with Crippen molar-refractivity contribution in [2.75, 3.05) is 12.4 Å². The van der Waals surface area contributed by atoms with E-state index in [0.29, 0.717) is 43.9 Å². The number of aromatic nitrogens is 2. The molecule has 2 heterocycles. The number of halogens is 1. The maximum absolute atomic E-state index is 13.7. The second-order valence-electron chi connectivity index (χ2n) is 8.82. The van der Waals surface area contributed by atoms with Crippen LogP contribution < -0.4 is 10.9 Å². The highest BCUT2D eigenvalue weighted by atomic mass is 35.5. The third kappa shape index (κ3) is 6.64. The molecule has 0 aliphatic heterocycles. The average Bonchev–Trinajstić information content (AvgIpc) is 3.23. The number of carbonyl (C=O) groups is 2. The van der Waals surface area contributed by atoms with Crippen molar-refractivity contribution in [2.45, 2.75) is 64.2 Å². The van der Waals surface area contributed by atoms with Crippen LogP contribution in [0.1, 0.15) is 59.8 Å². The summed E-state index contributed by atoms with van der Waals surface area (Å²) in [6.45, 7) is 4.55. The van der Waals surface area contributed by atoms with Gasteiger partial charge in [-0.1, -0.05) is 53.2 Å². The lowest BCUT2D eigenvalue weighted by molar-refractivity contribution is -0.118. The molecule has 0 bridgehead atoms. The van der Waals surface area contributed by atoms with Crippen LogP contribution in [-0.4, -0.2) is 33.8 Å². The topological polar surface area (TPSA) is 90.3 Å². The highest BCUT2D eigenvalue weighted by molar-refractivity contribution is 7.99. The molecule has 1 aromatic carbocycles. The van der Waals surface area contributed by atoms with E-state index in [1.807, 2.05) is 18.2 Å². The van der Waals surface area contributed by atoms with Gasteiger partial charge in [0.25, 0.3) is 5.56 Å². The zero-order chi connectivity index (χ0) is 26.4. The Bertz CT molecular complexity index is 1400. The number of aryl methyl sites for hydroxylation is 1. The summed E-state index contributed by atoms with van der Waals surface area (Å²) in [7, 11) is 0. The number of hydrogen-bond acceptors (Lipinski definition) is 7. The molecule has 1 N–H and O–H groups in total. The van der Waals surface area contributed by atoms with Gasteiger partial charge >= 0.3 is 5.97 Å². The van der Waals surface area contributed by atoms with Gasteiger partial charge in [0.05, 0.1) is 17.7 Å². The summed E-state index contributed by atoms with van der Waals surface area (Å²) in [6.07, 6.45) is 7.50. The van der Waals surface area contributed by atoms with Gasteiger partial charge in [0.2, 0.25) is 5.91 Å². The van der Waals surface area contributed by atoms with Crippen LogP contribution in [0.5, 0.6) is 0 Å². The van der Waals surface area contributed by atoms with Gasteiger partial charge < -0.3 is 10.1 Å². The van der Waals surface area contributed by atoms with E-state index in [4.69, 9.17) is 21.3 Å². The van der Waals surface area contributed by atoms with Gasteiger partial charge in [-0.25, -0.2) is 9.78 Å². The van der Waals surface area contributed by atoms with Crippen LogP contribution >= 0.6 is 34.7 Å². The molecule has 0 unspecified atom stereocenters. The first-order valence-corrected chi connectivity index (χ1v) is 14.6. The molecule has 37 heavy (non-hydrogen) atoms. The number of benzene rings is 1. The Morgan fingerprint density at radius 2 is 2.08 bits per heavy atom. The van der Waals surface area contributed by atoms with Crippen LogP contribution in [0.4, 0.5) is 0 Å². The van der Waals surface area contributed by atoms with Crippen LogP contribution in [0, 0.1) is 6.92 Å². The largest absolute Gasteiger partial charge is 0.462 e. The summed E-state index contributed by atoms with van der Waals surface area (Å²) in [4.78, 5) is 44.4. The van der Waals surface area contributed by atoms with Gasteiger partial charge in [-0.15, -0.1) is 11.3 Å². The molecule has 0 spiro atoms. The predicted octanol–water partition coefficient (Wildman–Crippen LogP) is 5.90. The molecule has 0 radical (unpaired) electrons. The molecule has 10 heteroatoms. The quantitative estimate of drug-likeness (QED) is 0.144. The number of thioether (sulfide) groups is 1. The van der Waals surface area contributed by atoms with Gasteiger partial charge in [0.1, 0.15) is 9.71 Å². The Morgan fingerprint density at radius 1 is 1.27 bits per heavy atom. The summed E-state index contributed by atoms with van der Waals surface area (Å²) in [5.74, 6) is -0.537. The fraction of sp³-hybridized carbons (Fsp3) is 0.407. The normalized spacial score (nSPS) is 13.4. The molecule has 7 nitrogen and oxygen atoms in total. The number of nitrogens with one attached hydrogen (secondary N) is 1. The first-order valence-electron chi connectivity index (χ1n) is 12.4. The standard InChI is InChI=1S/C27H30ClN3O4S2/c1-3-35-26(34)23-17(2)22-24(37-23)30-27(31(25(22)33)14-13-18-9-5-4-6-10-18)36-16-21(32)29-15-19-11-7-8-12-20(19)28/h7-9,11-12H,3-6,10,13-16H2,1-2H3,(H,29,32). The number of rotatable bonds is 10. The molecule has 3 aromatic rings. The number of hydrogen-bond donors (Lipinski definition) is 1. The Morgan fingerprint density at radius 3 is 2.81 bits per heavy atom. The maximum atomic E-state index is 13.7. The number of esters is 1. The summed E-state index contributed by atoms with van der Waals surface area (Å²) in [6, 6.07) is 7.36. The monoisotopic (exact) mass is 559 g/mol. The van der Waals surface area contributed by atoms with Gasteiger partial charge in [-0.05, 0) is 63.1 Å². The summed E-state index contributed by atoms with van der Waals surface area (Å²) >= 11 is 8.57. The van der Waals surface area contributed by atoms with Crippen molar-refractivity contribution in [2.24, 2.45) is 0 Å². The molecule has 0 atom stereocenters. The minimum atomic E-state index is -0.450. The van der Waals surface area contributed by atoms with Crippen molar-refractivity contribution < 1.29 is 14.3 Å². The fourth-order valence-electron chi connectivity index (χ4n) is 4.30. The van der Waals surface area contributed by atoms with Crippen molar-refractivity contribution in [1.82, 2.24) is 14.9 Å². The number of nitrogens with zero attached hydrogens (tertiary/aromatic N) is 2. The highest BCUT2D eigenvalue weighted by Crippen LogP contribution is 2.30. The Kier molecular flexibility index (Phi) is 9.45. The van der Waals surface area contributed by atoms with Crippen molar-refractivity contribution in [3.05, 3.63) is 67.3 Å². The highest BCUT2D eigenvalue weighted by Gasteiger charge is 2.23. The third-order valence-corrected chi connectivity index (χ3v) is 8.79. The Hall–Kier alpha value is -2.62. The molecular weight excluding hydrogens is 530 g/mol. The Labute approximate surface area is 229 Å². The Balaban J connectivity index is 1.58. The van der Waals surface area contributed by atoms with E-state index >= 15 is 0 Å². The second-order valence-corrected chi connectivity index (χ2v) is 11.2. The number of fused-ring (bicyclic) bond motifs is 1. The molecule has 4 rings (SSSR count). The third-order valence-electron chi connectivity index (χ3n) is 6.28. The molecule has 0 saturated heterocycles. The average molecular weight is 560 g/mol. The van der Waals surface area contributed by atoms with Crippen LogP contribution in [0.3, 0.4) is 0 Å². The van der Waals surface area contributed by atoms with E-state index in [1.54, 1.807) is 24.5 Å². The molecule has 2 aromatic heterocycles. The fourth-order valence-corrected chi connectivity index (χ4v) is 6.47. The number of thiophene rings is 1. The van der Waals surface area contributed by atoms with Crippen molar-refractivity contribution >= 4 is 56.8 Å². The van der Waals surface area contributed by atoms with E-state index in [-0.39, 0.29) is 23.8 Å². The lowest BCUT2D eigenvalue weighted by Crippen LogP contribution is -2.27. The maximum Gasteiger partial charge on any atom is 0.348 e. The van der Waals surface area contributed by atoms with Crippen molar-refractivity contribution in [3.8, 4) is 0 Å². The molecular formula is C27H30ClN3O4S2. The van der Waals surface area contributed by atoms with E-state index in [9.17, 15) is 14.4 Å². The summed E-state index contributed by atoms with van der Waals surface area (Å²) < 4.78 is 6.83. The lowest BCUT2D eigenvalue weighted by atomic mass is 9.97. The lowest BCUT2D eigenvalue weighted by Gasteiger charge is -2.16. The SMILES string of the molecule is CCOC(=O)c1sc2nc(SCC(=O)NCc3ccccc3Cl)n(CCC3=CCCCC3)c(=O)c2c1C. The number of amides is 1. The number of carbonyl (C=O) groups excluding carboxylic acids is 2. The molecule has 1 aliphatic rings. The van der Waals surface area contributed by atoms with Crippen LogP contribution in [0.2, 0.25) is 5.02 Å².